The Labute approximate surface area is 117 Å². The molecule has 0 radical (unpaired) electrons. The zero-order chi connectivity index (χ0) is 13.8. The van der Waals surface area contributed by atoms with Crippen LogP contribution in [0.3, 0.4) is 0 Å². The highest BCUT2D eigenvalue weighted by molar-refractivity contribution is 6.30. The second-order valence-corrected chi connectivity index (χ2v) is 4.77. The minimum atomic E-state index is -0.510. The molecule has 0 amide bonds. The third-order valence-corrected chi connectivity index (χ3v) is 3.33. The van der Waals surface area contributed by atoms with Crippen molar-refractivity contribution in [1.29, 1.82) is 0 Å². The molecule has 0 unspecified atom stereocenters. The number of hydrogen-bond donors (Lipinski definition) is 0. The van der Waals surface area contributed by atoms with Gasteiger partial charge in [-0.15, -0.1) is 0 Å². The smallest absolute Gasteiger partial charge is 0.167 e. The molecule has 98 valence electrons. The summed E-state index contributed by atoms with van der Waals surface area (Å²) in [5, 5.41) is 0.0487. The number of carbonyl (C=O) groups is 1. The van der Waals surface area contributed by atoms with Gasteiger partial charge in [0.15, 0.2) is 5.78 Å². The third kappa shape index (κ3) is 3.21. The van der Waals surface area contributed by atoms with Gasteiger partial charge < -0.3 is 0 Å². The van der Waals surface area contributed by atoms with E-state index in [2.05, 4.69) is 0 Å². The normalized spacial score (nSPS) is 10.5. The Morgan fingerprint density at radius 2 is 1.95 bits per heavy atom. The molecule has 0 saturated heterocycles. The molecule has 0 aliphatic heterocycles. The van der Waals surface area contributed by atoms with Gasteiger partial charge in [0.25, 0.3) is 0 Å². The van der Waals surface area contributed by atoms with E-state index >= 15 is 0 Å². The van der Waals surface area contributed by atoms with E-state index < -0.39 is 5.82 Å². The molecule has 2 aromatic carbocycles. The molecule has 0 atom stereocenters. The SMILES string of the molecule is CCc1cccc(C(=O)Cc2cccc(Cl)c2F)c1. The van der Waals surface area contributed by atoms with E-state index in [9.17, 15) is 9.18 Å². The van der Waals surface area contributed by atoms with Crippen molar-refractivity contribution >= 4 is 17.4 Å². The maximum Gasteiger partial charge on any atom is 0.167 e. The summed E-state index contributed by atoms with van der Waals surface area (Å²) >= 11 is 5.70. The molecule has 0 aliphatic rings. The zero-order valence-corrected chi connectivity index (χ0v) is 11.4. The highest BCUT2D eigenvalue weighted by Crippen LogP contribution is 2.19. The number of halogens is 2. The molecule has 1 nitrogen and oxygen atoms in total. The Hall–Kier alpha value is -1.67. The molecule has 0 bridgehead atoms. The number of benzene rings is 2. The van der Waals surface area contributed by atoms with E-state index in [0.29, 0.717) is 11.1 Å². The maximum absolute atomic E-state index is 13.7. The molecular weight excluding hydrogens is 263 g/mol. The molecule has 0 spiro atoms. The number of rotatable bonds is 4. The monoisotopic (exact) mass is 276 g/mol. The Morgan fingerprint density at radius 3 is 2.68 bits per heavy atom. The van der Waals surface area contributed by atoms with Crippen LogP contribution in [0.25, 0.3) is 0 Å². The first kappa shape index (κ1) is 13.8. The summed E-state index contributed by atoms with van der Waals surface area (Å²) in [5.74, 6) is -0.611. The van der Waals surface area contributed by atoms with Crippen molar-refractivity contribution in [2.45, 2.75) is 19.8 Å². The van der Waals surface area contributed by atoms with Crippen LogP contribution in [-0.4, -0.2) is 5.78 Å². The minimum Gasteiger partial charge on any atom is -0.294 e. The van der Waals surface area contributed by atoms with E-state index in [0.717, 1.165) is 12.0 Å². The van der Waals surface area contributed by atoms with Gasteiger partial charge in [0.2, 0.25) is 0 Å². The Bertz CT molecular complexity index is 607. The fourth-order valence-corrected chi connectivity index (χ4v) is 2.12. The van der Waals surface area contributed by atoms with Gasteiger partial charge in [-0.25, -0.2) is 4.39 Å². The summed E-state index contributed by atoms with van der Waals surface area (Å²) in [6, 6.07) is 12.1. The average Bonchev–Trinajstić information content (AvgIpc) is 2.44. The van der Waals surface area contributed by atoms with Gasteiger partial charge in [0.05, 0.1) is 5.02 Å². The molecule has 3 heteroatoms. The molecule has 0 aliphatic carbocycles. The second kappa shape index (κ2) is 5.98. The van der Waals surface area contributed by atoms with Gasteiger partial charge >= 0.3 is 0 Å². The molecule has 0 saturated carbocycles. The van der Waals surface area contributed by atoms with Crippen molar-refractivity contribution in [3.63, 3.8) is 0 Å². The van der Waals surface area contributed by atoms with Gasteiger partial charge in [-0.2, -0.15) is 0 Å². The molecule has 2 rings (SSSR count). The lowest BCUT2D eigenvalue weighted by atomic mass is 10.0. The van der Waals surface area contributed by atoms with E-state index in [1.807, 2.05) is 25.1 Å². The molecule has 0 heterocycles. The van der Waals surface area contributed by atoms with Crippen LogP contribution in [0.1, 0.15) is 28.4 Å². The summed E-state index contributed by atoms with van der Waals surface area (Å²) in [6.07, 6.45) is 0.895. The Balaban J connectivity index is 2.23. The van der Waals surface area contributed by atoms with Gasteiger partial charge in [-0.05, 0) is 29.7 Å². The number of ketones is 1. The van der Waals surface area contributed by atoms with E-state index in [1.54, 1.807) is 18.2 Å². The van der Waals surface area contributed by atoms with Crippen LogP contribution in [0, 0.1) is 5.82 Å². The van der Waals surface area contributed by atoms with Crippen LogP contribution in [0.4, 0.5) is 4.39 Å². The van der Waals surface area contributed by atoms with Crippen molar-refractivity contribution in [3.05, 3.63) is 70.0 Å². The van der Waals surface area contributed by atoms with Crippen molar-refractivity contribution in [3.8, 4) is 0 Å². The number of carbonyl (C=O) groups excluding carboxylic acids is 1. The van der Waals surface area contributed by atoms with Crippen LogP contribution in [0.15, 0.2) is 42.5 Å². The standard InChI is InChI=1S/C16H14ClFO/c1-2-11-5-3-6-12(9-11)15(19)10-13-7-4-8-14(17)16(13)18/h3-9H,2,10H2,1H3. The first-order chi connectivity index (χ1) is 9.11. The average molecular weight is 277 g/mol. The summed E-state index contributed by atoms with van der Waals surface area (Å²) in [4.78, 5) is 12.1. The van der Waals surface area contributed by atoms with Crippen LogP contribution < -0.4 is 0 Å². The molecule has 0 aromatic heterocycles. The highest BCUT2D eigenvalue weighted by atomic mass is 35.5. The molecule has 2 aromatic rings. The van der Waals surface area contributed by atoms with Gasteiger partial charge in [-0.3, -0.25) is 4.79 Å². The largest absolute Gasteiger partial charge is 0.294 e. The molecule has 0 fully saturated rings. The Morgan fingerprint density at radius 1 is 1.21 bits per heavy atom. The van der Waals surface area contributed by atoms with Crippen molar-refractivity contribution in [2.75, 3.05) is 0 Å². The lowest BCUT2D eigenvalue weighted by Crippen LogP contribution is -2.06. The molecule has 19 heavy (non-hydrogen) atoms. The number of Topliss-reactive ketones (excluding diaryl/α,β-unsaturated/α-hetero) is 1. The van der Waals surface area contributed by atoms with E-state index in [1.165, 1.54) is 6.07 Å². The fourth-order valence-electron chi connectivity index (χ4n) is 1.92. The topological polar surface area (TPSA) is 17.1 Å². The fraction of sp³-hybridized carbons (Fsp3) is 0.188. The summed E-state index contributed by atoms with van der Waals surface area (Å²) in [5.41, 5.74) is 2.04. The number of hydrogen-bond acceptors (Lipinski definition) is 1. The zero-order valence-electron chi connectivity index (χ0n) is 10.6. The molecular formula is C16H14ClFO. The second-order valence-electron chi connectivity index (χ2n) is 4.37. The van der Waals surface area contributed by atoms with E-state index in [-0.39, 0.29) is 17.2 Å². The lowest BCUT2D eigenvalue weighted by Gasteiger charge is -2.05. The molecule has 0 N–H and O–H groups in total. The lowest BCUT2D eigenvalue weighted by molar-refractivity contribution is 0.0991. The van der Waals surface area contributed by atoms with Crippen LogP contribution in [0.2, 0.25) is 5.02 Å². The van der Waals surface area contributed by atoms with Crippen LogP contribution in [0.5, 0.6) is 0 Å². The predicted octanol–water partition coefficient (Wildman–Crippen LogP) is 4.47. The van der Waals surface area contributed by atoms with Gasteiger partial charge in [-0.1, -0.05) is 48.9 Å². The highest BCUT2D eigenvalue weighted by Gasteiger charge is 2.12. The van der Waals surface area contributed by atoms with Crippen LogP contribution in [-0.2, 0) is 12.8 Å². The summed E-state index contributed by atoms with van der Waals surface area (Å²) in [6.45, 7) is 2.03. The predicted molar refractivity (Wildman–Crippen MR) is 75.3 cm³/mol. The number of aryl methyl sites for hydroxylation is 1. The van der Waals surface area contributed by atoms with Gasteiger partial charge in [0.1, 0.15) is 5.82 Å². The van der Waals surface area contributed by atoms with Gasteiger partial charge in [0, 0.05) is 12.0 Å². The van der Waals surface area contributed by atoms with Crippen LogP contribution >= 0.6 is 11.6 Å². The summed E-state index contributed by atoms with van der Waals surface area (Å²) in [7, 11) is 0. The minimum absolute atomic E-state index is 0.0273. The maximum atomic E-state index is 13.7. The first-order valence-corrected chi connectivity index (χ1v) is 6.54. The summed E-state index contributed by atoms with van der Waals surface area (Å²) < 4.78 is 13.7. The quantitative estimate of drug-likeness (QED) is 0.753. The first-order valence-electron chi connectivity index (χ1n) is 6.17. The van der Waals surface area contributed by atoms with Crippen molar-refractivity contribution in [2.24, 2.45) is 0 Å². The van der Waals surface area contributed by atoms with Crippen molar-refractivity contribution < 1.29 is 9.18 Å². The third-order valence-electron chi connectivity index (χ3n) is 3.04. The van der Waals surface area contributed by atoms with Crippen molar-refractivity contribution in [1.82, 2.24) is 0 Å². The Kier molecular flexibility index (Phi) is 4.33. The van der Waals surface area contributed by atoms with E-state index in [4.69, 9.17) is 11.6 Å².